The second-order valence-electron chi connectivity index (χ2n) is 8.69. The quantitative estimate of drug-likeness (QED) is 0.448. The van der Waals surface area contributed by atoms with E-state index in [-0.39, 0.29) is 5.76 Å². The van der Waals surface area contributed by atoms with Crippen LogP contribution in [0.5, 0.6) is 5.75 Å². The van der Waals surface area contributed by atoms with E-state index < -0.39 is 0 Å². The second kappa shape index (κ2) is 11.6. The Morgan fingerprint density at radius 2 is 1.45 bits per heavy atom. The number of aryl methyl sites for hydroxylation is 1. The monoisotopic (exact) mass is 443 g/mol. The number of piperazine rings is 1. The molecule has 0 atom stereocenters. The van der Waals surface area contributed by atoms with Crippen molar-refractivity contribution >= 4 is 0 Å². The van der Waals surface area contributed by atoms with Gasteiger partial charge in [0.1, 0.15) is 12.4 Å². The standard InChI is InChI=1S/C28H33N3O2/c1-23(32)5-6-24-11-13-28(14-12-24)33-22-26-9-7-25(8-10-26)20-30-16-18-31(19-17-30)21-27-4-2-3-15-29-27/h2-4,7-15,32H,1,5-6,16-22H2. The molecule has 0 radical (unpaired) electrons. The Kier molecular flexibility index (Phi) is 8.12. The second-order valence-corrected chi connectivity index (χ2v) is 8.69. The van der Waals surface area contributed by atoms with Gasteiger partial charge in [0.2, 0.25) is 0 Å². The first-order valence-electron chi connectivity index (χ1n) is 11.6. The van der Waals surface area contributed by atoms with Crippen LogP contribution in [0.3, 0.4) is 0 Å². The van der Waals surface area contributed by atoms with Crippen LogP contribution < -0.4 is 4.74 Å². The molecule has 5 heteroatoms. The number of hydrogen-bond acceptors (Lipinski definition) is 5. The molecule has 0 unspecified atom stereocenters. The van der Waals surface area contributed by atoms with Gasteiger partial charge in [-0.25, -0.2) is 0 Å². The van der Waals surface area contributed by atoms with Crippen molar-refractivity contribution in [3.63, 3.8) is 0 Å². The molecule has 2 heterocycles. The lowest BCUT2D eigenvalue weighted by molar-refractivity contribution is 0.121. The average Bonchev–Trinajstić information content (AvgIpc) is 2.85. The van der Waals surface area contributed by atoms with Gasteiger partial charge in [-0.1, -0.05) is 49.0 Å². The molecular formula is C28H33N3O2. The number of benzene rings is 2. The summed E-state index contributed by atoms with van der Waals surface area (Å²) in [7, 11) is 0. The predicted octanol–water partition coefficient (Wildman–Crippen LogP) is 4.98. The Balaban J connectivity index is 1.18. The van der Waals surface area contributed by atoms with Crippen LogP contribution >= 0.6 is 0 Å². The molecule has 0 spiro atoms. The zero-order valence-corrected chi connectivity index (χ0v) is 19.2. The molecule has 5 nitrogen and oxygen atoms in total. The third-order valence-corrected chi connectivity index (χ3v) is 6.04. The largest absolute Gasteiger partial charge is 0.513 e. The summed E-state index contributed by atoms with van der Waals surface area (Å²) >= 11 is 0. The number of nitrogens with zero attached hydrogens (tertiary/aromatic N) is 3. The van der Waals surface area contributed by atoms with Crippen LogP contribution in [0, 0.1) is 0 Å². The number of aliphatic hydroxyl groups excluding tert-OH is 1. The lowest BCUT2D eigenvalue weighted by Crippen LogP contribution is -2.45. The molecule has 1 aliphatic heterocycles. The summed E-state index contributed by atoms with van der Waals surface area (Å²) in [6, 6.07) is 22.9. The molecule has 33 heavy (non-hydrogen) atoms. The van der Waals surface area contributed by atoms with Crippen molar-refractivity contribution in [2.75, 3.05) is 26.2 Å². The Morgan fingerprint density at radius 3 is 2.09 bits per heavy atom. The van der Waals surface area contributed by atoms with Crippen LogP contribution in [0.1, 0.15) is 28.8 Å². The molecule has 4 rings (SSSR count). The molecular weight excluding hydrogens is 410 g/mol. The smallest absolute Gasteiger partial charge is 0.119 e. The molecule has 1 saturated heterocycles. The van der Waals surface area contributed by atoms with E-state index in [1.54, 1.807) is 0 Å². The van der Waals surface area contributed by atoms with Crippen LogP contribution in [0.25, 0.3) is 0 Å². The van der Waals surface area contributed by atoms with Crippen LogP contribution in [0.2, 0.25) is 0 Å². The zero-order valence-electron chi connectivity index (χ0n) is 19.2. The minimum absolute atomic E-state index is 0.224. The first-order chi connectivity index (χ1) is 16.1. The van der Waals surface area contributed by atoms with Crippen LogP contribution in [-0.4, -0.2) is 46.1 Å². The molecule has 0 aliphatic carbocycles. The zero-order chi connectivity index (χ0) is 22.9. The minimum Gasteiger partial charge on any atom is -0.513 e. The lowest BCUT2D eigenvalue weighted by atomic mass is 10.1. The molecule has 1 aromatic heterocycles. The van der Waals surface area contributed by atoms with Gasteiger partial charge in [0.15, 0.2) is 0 Å². The third kappa shape index (κ3) is 7.45. The number of hydrogen-bond donors (Lipinski definition) is 1. The van der Waals surface area contributed by atoms with Gasteiger partial charge in [-0.15, -0.1) is 0 Å². The summed E-state index contributed by atoms with van der Waals surface area (Å²) in [5.41, 5.74) is 4.82. The van der Waals surface area contributed by atoms with Gasteiger partial charge in [-0.05, 0) is 47.4 Å². The fourth-order valence-electron chi connectivity index (χ4n) is 4.03. The number of aromatic nitrogens is 1. The third-order valence-electron chi connectivity index (χ3n) is 6.04. The number of pyridine rings is 1. The fraction of sp³-hybridized carbons (Fsp3) is 0.321. The summed E-state index contributed by atoms with van der Waals surface area (Å²) in [6.45, 7) is 10.3. The molecule has 1 fully saturated rings. The fourth-order valence-corrected chi connectivity index (χ4v) is 4.03. The number of ether oxygens (including phenoxy) is 1. The topological polar surface area (TPSA) is 48.8 Å². The summed E-state index contributed by atoms with van der Waals surface area (Å²) in [5, 5.41) is 9.22. The molecule has 1 aliphatic rings. The summed E-state index contributed by atoms with van der Waals surface area (Å²) < 4.78 is 5.94. The summed E-state index contributed by atoms with van der Waals surface area (Å²) in [4.78, 5) is 9.45. The highest BCUT2D eigenvalue weighted by Crippen LogP contribution is 2.17. The van der Waals surface area contributed by atoms with E-state index in [2.05, 4.69) is 57.8 Å². The van der Waals surface area contributed by atoms with Crippen molar-refractivity contribution in [3.05, 3.63) is 108 Å². The average molecular weight is 444 g/mol. The molecule has 3 aromatic rings. The van der Waals surface area contributed by atoms with E-state index in [9.17, 15) is 5.11 Å². The van der Waals surface area contributed by atoms with E-state index in [1.165, 1.54) is 16.7 Å². The normalized spacial score (nSPS) is 14.8. The number of aliphatic hydroxyl groups is 1. The molecule has 0 bridgehead atoms. The molecule has 172 valence electrons. The maximum atomic E-state index is 9.22. The van der Waals surface area contributed by atoms with E-state index in [4.69, 9.17) is 4.74 Å². The molecule has 0 saturated carbocycles. The maximum Gasteiger partial charge on any atom is 0.119 e. The Bertz CT molecular complexity index is 996. The van der Waals surface area contributed by atoms with Crippen molar-refractivity contribution in [3.8, 4) is 5.75 Å². The highest BCUT2D eigenvalue weighted by Gasteiger charge is 2.17. The highest BCUT2D eigenvalue weighted by molar-refractivity contribution is 5.28. The first kappa shape index (κ1) is 23.0. The van der Waals surface area contributed by atoms with Gasteiger partial charge >= 0.3 is 0 Å². The highest BCUT2D eigenvalue weighted by atomic mass is 16.5. The van der Waals surface area contributed by atoms with Crippen LogP contribution in [0.15, 0.2) is 85.3 Å². The first-order valence-corrected chi connectivity index (χ1v) is 11.6. The van der Waals surface area contributed by atoms with E-state index >= 15 is 0 Å². The van der Waals surface area contributed by atoms with Crippen molar-refractivity contribution in [1.29, 1.82) is 0 Å². The predicted molar refractivity (Wildman–Crippen MR) is 132 cm³/mol. The SMILES string of the molecule is C=C(O)CCc1ccc(OCc2ccc(CN3CCN(Cc4ccccn4)CC3)cc2)cc1. The number of rotatable bonds is 10. The summed E-state index contributed by atoms with van der Waals surface area (Å²) in [5.74, 6) is 1.08. The number of allylic oxidation sites excluding steroid dienone is 1. The van der Waals surface area contributed by atoms with E-state index in [0.29, 0.717) is 13.0 Å². The Hall–Kier alpha value is -3.15. The van der Waals surface area contributed by atoms with Gasteiger partial charge in [0, 0.05) is 51.9 Å². The van der Waals surface area contributed by atoms with Gasteiger partial charge < -0.3 is 9.84 Å². The van der Waals surface area contributed by atoms with Crippen molar-refractivity contribution in [2.45, 2.75) is 32.5 Å². The van der Waals surface area contributed by atoms with Crippen molar-refractivity contribution < 1.29 is 9.84 Å². The van der Waals surface area contributed by atoms with Crippen molar-refractivity contribution in [1.82, 2.24) is 14.8 Å². The van der Waals surface area contributed by atoms with Gasteiger partial charge in [0.25, 0.3) is 0 Å². The molecule has 0 amide bonds. The van der Waals surface area contributed by atoms with E-state index in [1.807, 2.05) is 36.5 Å². The van der Waals surface area contributed by atoms with E-state index in [0.717, 1.165) is 57.1 Å². The van der Waals surface area contributed by atoms with Crippen LogP contribution in [-0.2, 0) is 26.1 Å². The lowest BCUT2D eigenvalue weighted by Gasteiger charge is -2.34. The van der Waals surface area contributed by atoms with Gasteiger partial charge in [-0.2, -0.15) is 0 Å². The van der Waals surface area contributed by atoms with Gasteiger partial charge in [-0.3, -0.25) is 14.8 Å². The molecule has 1 N–H and O–H groups in total. The van der Waals surface area contributed by atoms with Crippen LogP contribution in [0.4, 0.5) is 0 Å². The summed E-state index contributed by atoms with van der Waals surface area (Å²) in [6.07, 6.45) is 3.25. The molecule has 2 aromatic carbocycles. The maximum absolute atomic E-state index is 9.22. The Morgan fingerprint density at radius 1 is 0.818 bits per heavy atom. The van der Waals surface area contributed by atoms with Gasteiger partial charge in [0.05, 0.1) is 11.5 Å². The Labute approximate surface area is 197 Å². The minimum atomic E-state index is 0.224. The van der Waals surface area contributed by atoms with Crippen molar-refractivity contribution in [2.24, 2.45) is 0 Å².